The summed E-state index contributed by atoms with van der Waals surface area (Å²) >= 11 is 0. The van der Waals surface area contributed by atoms with Gasteiger partial charge in [-0.25, -0.2) is 0 Å². The average molecular weight is 248 g/mol. The van der Waals surface area contributed by atoms with E-state index in [1.807, 2.05) is 0 Å². The Bertz CT molecular complexity index is 356. The molecule has 0 amide bonds. The highest BCUT2D eigenvalue weighted by molar-refractivity contribution is 5.33. The highest BCUT2D eigenvalue weighted by Crippen LogP contribution is 2.20. The van der Waals surface area contributed by atoms with Gasteiger partial charge in [0.15, 0.2) is 0 Å². The number of aryl methyl sites for hydroxylation is 2. The number of rotatable bonds is 7. The molecule has 0 fully saturated rings. The Morgan fingerprint density at radius 2 is 1.78 bits per heavy atom. The van der Waals surface area contributed by atoms with E-state index in [0.717, 1.165) is 26.2 Å². The van der Waals surface area contributed by atoms with Crippen molar-refractivity contribution in [2.75, 3.05) is 26.2 Å². The largest absolute Gasteiger partial charge is 0.309 e. The number of hydrogen-bond donors (Lipinski definition) is 1. The van der Waals surface area contributed by atoms with E-state index >= 15 is 0 Å². The van der Waals surface area contributed by atoms with Crippen LogP contribution < -0.4 is 5.32 Å². The van der Waals surface area contributed by atoms with E-state index in [9.17, 15) is 0 Å². The van der Waals surface area contributed by atoms with Crippen LogP contribution in [0.5, 0.6) is 0 Å². The Hall–Kier alpha value is -0.860. The van der Waals surface area contributed by atoms with Crippen molar-refractivity contribution in [3.05, 3.63) is 34.9 Å². The van der Waals surface area contributed by atoms with Gasteiger partial charge in [-0.3, -0.25) is 0 Å². The lowest BCUT2D eigenvalue weighted by molar-refractivity contribution is 0.267. The van der Waals surface area contributed by atoms with Crippen LogP contribution in [-0.2, 0) is 0 Å². The summed E-state index contributed by atoms with van der Waals surface area (Å²) in [7, 11) is 0. The van der Waals surface area contributed by atoms with Crippen LogP contribution in [0.4, 0.5) is 0 Å². The number of nitrogens with zero attached hydrogens (tertiary/aromatic N) is 1. The van der Waals surface area contributed by atoms with E-state index in [1.165, 1.54) is 16.7 Å². The third-order valence-electron chi connectivity index (χ3n) is 3.60. The summed E-state index contributed by atoms with van der Waals surface area (Å²) < 4.78 is 0. The van der Waals surface area contributed by atoms with Gasteiger partial charge in [0.1, 0.15) is 0 Å². The second-order valence-electron chi connectivity index (χ2n) is 4.96. The van der Waals surface area contributed by atoms with Crippen LogP contribution >= 0.6 is 0 Å². The first-order chi connectivity index (χ1) is 8.62. The SMILES string of the molecule is CCNC(CN(CC)CC)c1cc(C)ccc1C. The molecule has 102 valence electrons. The molecule has 0 bridgehead atoms. The van der Waals surface area contributed by atoms with Gasteiger partial charge in [0.05, 0.1) is 0 Å². The zero-order valence-corrected chi connectivity index (χ0v) is 12.6. The molecule has 0 aliphatic carbocycles. The minimum absolute atomic E-state index is 0.440. The highest BCUT2D eigenvalue weighted by atomic mass is 15.1. The summed E-state index contributed by atoms with van der Waals surface area (Å²) in [5, 5.41) is 3.62. The number of hydrogen-bond acceptors (Lipinski definition) is 2. The smallest absolute Gasteiger partial charge is 0.0451 e. The number of benzene rings is 1. The molecule has 1 rings (SSSR count). The standard InChI is InChI=1S/C16H28N2/c1-6-17-16(12-18(7-2)8-3)15-11-13(4)9-10-14(15)5/h9-11,16-17H,6-8,12H2,1-5H3. The van der Waals surface area contributed by atoms with Crippen LogP contribution in [0.15, 0.2) is 18.2 Å². The van der Waals surface area contributed by atoms with Crippen molar-refractivity contribution < 1.29 is 0 Å². The van der Waals surface area contributed by atoms with Crippen molar-refractivity contribution in [2.24, 2.45) is 0 Å². The first-order valence-corrected chi connectivity index (χ1v) is 7.15. The predicted octanol–water partition coefficient (Wildman–Crippen LogP) is 3.30. The third kappa shape index (κ3) is 4.11. The fraction of sp³-hybridized carbons (Fsp3) is 0.625. The van der Waals surface area contributed by atoms with Crippen LogP contribution in [-0.4, -0.2) is 31.1 Å². The van der Waals surface area contributed by atoms with Crippen molar-refractivity contribution in [2.45, 2.75) is 40.7 Å². The van der Waals surface area contributed by atoms with Gasteiger partial charge in [-0.2, -0.15) is 0 Å². The molecule has 0 spiro atoms. The van der Waals surface area contributed by atoms with Crippen LogP contribution in [0.1, 0.15) is 43.5 Å². The lowest BCUT2D eigenvalue weighted by atomic mass is 9.98. The molecule has 2 nitrogen and oxygen atoms in total. The molecule has 18 heavy (non-hydrogen) atoms. The van der Waals surface area contributed by atoms with E-state index < -0.39 is 0 Å². The van der Waals surface area contributed by atoms with Gasteiger partial charge in [-0.15, -0.1) is 0 Å². The van der Waals surface area contributed by atoms with Gasteiger partial charge < -0.3 is 10.2 Å². The summed E-state index contributed by atoms with van der Waals surface area (Å²) in [4.78, 5) is 2.48. The van der Waals surface area contributed by atoms with Crippen LogP contribution in [0.2, 0.25) is 0 Å². The molecule has 1 aromatic carbocycles. The molecule has 0 saturated carbocycles. The van der Waals surface area contributed by atoms with Gasteiger partial charge in [0.2, 0.25) is 0 Å². The molecule has 0 saturated heterocycles. The van der Waals surface area contributed by atoms with Crippen LogP contribution in [0.25, 0.3) is 0 Å². The summed E-state index contributed by atoms with van der Waals surface area (Å²) in [6, 6.07) is 7.19. The fourth-order valence-corrected chi connectivity index (χ4v) is 2.39. The van der Waals surface area contributed by atoms with Crippen molar-refractivity contribution in [1.82, 2.24) is 10.2 Å². The molecule has 0 aliphatic rings. The van der Waals surface area contributed by atoms with Crippen molar-refractivity contribution in [1.29, 1.82) is 0 Å². The Labute approximate surface area is 112 Å². The van der Waals surface area contributed by atoms with Gasteiger partial charge in [0.25, 0.3) is 0 Å². The van der Waals surface area contributed by atoms with E-state index in [1.54, 1.807) is 0 Å². The molecule has 2 heteroatoms. The maximum atomic E-state index is 3.62. The zero-order valence-electron chi connectivity index (χ0n) is 12.6. The number of likely N-dealkylation sites (N-methyl/N-ethyl adjacent to an activating group) is 2. The molecule has 1 aromatic rings. The maximum absolute atomic E-state index is 3.62. The quantitative estimate of drug-likeness (QED) is 0.796. The Balaban J connectivity index is 2.92. The topological polar surface area (TPSA) is 15.3 Å². The molecule has 1 atom stereocenters. The van der Waals surface area contributed by atoms with Crippen LogP contribution in [0.3, 0.4) is 0 Å². The number of nitrogens with one attached hydrogen (secondary N) is 1. The lowest BCUT2D eigenvalue weighted by Crippen LogP contribution is -2.35. The predicted molar refractivity (Wildman–Crippen MR) is 80.1 cm³/mol. The Morgan fingerprint density at radius 3 is 2.33 bits per heavy atom. The Morgan fingerprint density at radius 1 is 1.11 bits per heavy atom. The summed E-state index contributed by atoms with van der Waals surface area (Å²) in [6.07, 6.45) is 0. The molecule has 0 aliphatic heterocycles. The first-order valence-electron chi connectivity index (χ1n) is 7.15. The second-order valence-corrected chi connectivity index (χ2v) is 4.96. The monoisotopic (exact) mass is 248 g/mol. The molecule has 0 radical (unpaired) electrons. The average Bonchev–Trinajstić information content (AvgIpc) is 2.37. The lowest BCUT2D eigenvalue weighted by Gasteiger charge is -2.27. The summed E-state index contributed by atoms with van der Waals surface area (Å²) in [5.74, 6) is 0. The fourth-order valence-electron chi connectivity index (χ4n) is 2.39. The van der Waals surface area contributed by atoms with Crippen molar-refractivity contribution >= 4 is 0 Å². The van der Waals surface area contributed by atoms with E-state index in [2.05, 4.69) is 63.0 Å². The van der Waals surface area contributed by atoms with Gasteiger partial charge >= 0.3 is 0 Å². The minimum atomic E-state index is 0.440. The highest BCUT2D eigenvalue weighted by Gasteiger charge is 2.15. The van der Waals surface area contributed by atoms with E-state index in [4.69, 9.17) is 0 Å². The van der Waals surface area contributed by atoms with E-state index in [0.29, 0.717) is 6.04 Å². The van der Waals surface area contributed by atoms with Gasteiger partial charge in [0, 0.05) is 12.6 Å². The third-order valence-corrected chi connectivity index (χ3v) is 3.60. The summed E-state index contributed by atoms with van der Waals surface area (Å²) in [6.45, 7) is 15.4. The first kappa shape index (κ1) is 15.2. The van der Waals surface area contributed by atoms with Gasteiger partial charge in [-0.1, -0.05) is 44.5 Å². The Kier molecular flexibility index (Phi) is 6.37. The normalized spacial score (nSPS) is 13.0. The van der Waals surface area contributed by atoms with Crippen LogP contribution in [0, 0.1) is 13.8 Å². The van der Waals surface area contributed by atoms with E-state index in [-0.39, 0.29) is 0 Å². The molecule has 1 N–H and O–H groups in total. The summed E-state index contributed by atoms with van der Waals surface area (Å²) in [5.41, 5.74) is 4.18. The molecular weight excluding hydrogens is 220 g/mol. The zero-order chi connectivity index (χ0) is 13.5. The van der Waals surface area contributed by atoms with Crippen molar-refractivity contribution in [3.63, 3.8) is 0 Å². The second kappa shape index (κ2) is 7.55. The molecular formula is C16H28N2. The molecule has 0 aromatic heterocycles. The maximum Gasteiger partial charge on any atom is 0.0451 e. The minimum Gasteiger partial charge on any atom is -0.309 e. The molecule has 0 heterocycles. The molecule has 1 unspecified atom stereocenters. The van der Waals surface area contributed by atoms with Gasteiger partial charge in [-0.05, 0) is 44.6 Å². The van der Waals surface area contributed by atoms with Crippen molar-refractivity contribution in [3.8, 4) is 0 Å².